The zero-order chi connectivity index (χ0) is 19.4. The Bertz CT molecular complexity index is 667. The maximum Gasteiger partial charge on any atom is 0.234 e. The fourth-order valence-electron chi connectivity index (χ4n) is 2.94. The molecule has 0 spiro atoms. The van der Waals surface area contributed by atoms with Gasteiger partial charge in [-0.3, -0.25) is 14.7 Å². The number of hydrogen-bond donors (Lipinski definition) is 2. The van der Waals surface area contributed by atoms with Crippen LogP contribution in [0.5, 0.6) is 0 Å². The molecule has 0 unspecified atom stereocenters. The van der Waals surface area contributed by atoms with Gasteiger partial charge in [-0.05, 0) is 12.8 Å². The summed E-state index contributed by atoms with van der Waals surface area (Å²) in [6.07, 6.45) is 2.25. The average molecular weight is 377 g/mol. The van der Waals surface area contributed by atoms with Crippen LogP contribution >= 0.6 is 0 Å². The normalized spacial score (nSPS) is 19.3. The second kappa shape index (κ2) is 8.24. The Morgan fingerprint density at radius 3 is 2.52 bits per heavy atom. The summed E-state index contributed by atoms with van der Waals surface area (Å²) in [4.78, 5) is 25.1. The molecule has 0 aromatic carbocycles. The van der Waals surface area contributed by atoms with Crippen LogP contribution in [0.2, 0.25) is 0 Å². The molecule has 9 nitrogen and oxygen atoms in total. The molecular formula is C18H31N7O2. The van der Waals surface area contributed by atoms with Crippen molar-refractivity contribution in [3.63, 3.8) is 0 Å². The quantitative estimate of drug-likeness (QED) is 0.564. The molecule has 1 aromatic rings. The van der Waals surface area contributed by atoms with Crippen LogP contribution in [-0.4, -0.2) is 77.6 Å². The molecule has 2 heterocycles. The molecule has 1 aromatic heterocycles. The van der Waals surface area contributed by atoms with Crippen molar-refractivity contribution in [2.75, 3.05) is 39.8 Å². The van der Waals surface area contributed by atoms with Crippen molar-refractivity contribution in [2.24, 2.45) is 4.99 Å². The second-order valence-corrected chi connectivity index (χ2v) is 8.27. The fraction of sp³-hybridized carbons (Fsp3) is 0.778. The molecule has 0 bridgehead atoms. The van der Waals surface area contributed by atoms with Crippen LogP contribution in [0.15, 0.2) is 9.52 Å². The molecule has 1 saturated carbocycles. The van der Waals surface area contributed by atoms with E-state index in [1.807, 2.05) is 20.8 Å². The van der Waals surface area contributed by atoms with Crippen molar-refractivity contribution in [3.8, 4) is 0 Å². The summed E-state index contributed by atoms with van der Waals surface area (Å²) in [5.74, 6) is 2.21. The number of carbonyl (C=O) groups is 1. The monoisotopic (exact) mass is 377 g/mol. The Balaban J connectivity index is 1.43. The highest BCUT2D eigenvalue weighted by molar-refractivity contribution is 5.80. The summed E-state index contributed by atoms with van der Waals surface area (Å²) >= 11 is 0. The van der Waals surface area contributed by atoms with E-state index in [0.29, 0.717) is 30.8 Å². The van der Waals surface area contributed by atoms with Gasteiger partial charge in [-0.25, -0.2) is 0 Å². The molecule has 1 saturated heterocycles. The summed E-state index contributed by atoms with van der Waals surface area (Å²) in [6, 6.07) is 0.422. The van der Waals surface area contributed by atoms with Crippen LogP contribution in [0.4, 0.5) is 0 Å². The average Bonchev–Trinajstić information content (AvgIpc) is 3.28. The van der Waals surface area contributed by atoms with Crippen molar-refractivity contribution in [1.29, 1.82) is 0 Å². The van der Waals surface area contributed by atoms with Gasteiger partial charge < -0.3 is 20.1 Å². The van der Waals surface area contributed by atoms with E-state index >= 15 is 0 Å². The molecule has 1 amide bonds. The van der Waals surface area contributed by atoms with E-state index in [4.69, 9.17) is 4.52 Å². The molecule has 1 aliphatic heterocycles. The molecule has 0 radical (unpaired) electrons. The molecule has 2 fully saturated rings. The summed E-state index contributed by atoms with van der Waals surface area (Å²) < 4.78 is 5.32. The zero-order valence-electron chi connectivity index (χ0n) is 16.8. The SMILES string of the molecule is CN=C(NCc1noc(C(C)(C)C)n1)N1CCN(CC(=O)NC2CC2)CC1. The van der Waals surface area contributed by atoms with Crippen LogP contribution in [0.3, 0.4) is 0 Å². The van der Waals surface area contributed by atoms with Gasteiger partial charge in [0.25, 0.3) is 0 Å². The van der Waals surface area contributed by atoms with E-state index in [-0.39, 0.29) is 11.3 Å². The highest BCUT2D eigenvalue weighted by Gasteiger charge is 2.26. The molecule has 0 atom stereocenters. The third kappa shape index (κ3) is 5.66. The van der Waals surface area contributed by atoms with E-state index in [1.165, 1.54) is 0 Å². The van der Waals surface area contributed by atoms with Crippen LogP contribution in [0.25, 0.3) is 0 Å². The second-order valence-electron chi connectivity index (χ2n) is 8.27. The lowest BCUT2D eigenvalue weighted by atomic mass is 9.97. The van der Waals surface area contributed by atoms with Gasteiger partial charge in [0.15, 0.2) is 11.8 Å². The number of carbonyl (C=O) groups excluding carboxylic acids is 1. The Labute approximate surface area is 160 Å². The maximum atomic E-state index is 11.9. The van der Waals surface area contributed by atoms with Gasteiger partial charge in [0.05, 0.1) is 13.1 Å². The summed E-state index contributed by atoms with van der Waals surface area (Å²) in [5.41, 5.74) is -0.158. The first-order valence-corrected chi connectivity index (χ1v) is 9.65. The van der Waals surface area contributed by atoms with Gasteiger partial charge in [0.1, 0.15) is 0 Å². The van der Waals surface area contributed by atoms with Gasteiger partial charge in [-0.2, -0.15) is 4.98 Å². The van der Waals surface area contributed by atoms with E-state index < -0.39 is 0 Å². The van der Waals surface area contributed by atoms with E-state index in [1.54, 1.807) is 7.05 Å². The van der Waals surface area contributed by atoms with Gasteiger partial charge in [-0.15, -0.1) is 0 Å². The standard InChI is InChI=1S/C18H31N7O2/c1-18(2,3)16-22-14(23-27-16)11-20-17(19-4)25-9-7-24(8-10-25)12-15(26)21-13-5-6-13/h13H,5-12H2,1-4H3,(H,19,20)(H,21,26). The minimum Gasteiger partial charge on any atom is -0.352 e. The first-order valence-electron chi connectivity index (χ1n) is 9.65. The first kappa shape index (κ1) is 19.6. The Hall–Kier alpha value is -2.16. The molecule has 9 heteroatoms. The van der Waals surface area contributed by atoms with Crippen molar-refractivity contribution < 1.29 is 9.32 Å². The van der Waals surface area contributed by atoms with E-state index in [0.717, 1.165) is 45.0 Å². The van der Waals surface area contributed by atoms with Gasteiger partial charge >= 0.3 is 0 Å². The van der Waals surface area contributed by atoms with Crippen LogP contribution in [0.1, 0.15) is 45.3 Å². The Morgan fingerprint density at radius 2 is 1.96 bits per heavy atom. The van der Waals surface area contributed by atoms with Gasteiger partial charge in [0, 0.05) is 44.7 Å². The smallest absolute Gasteiger partial charge is 0.234 e. The number of amides is 1. The summed E-state index contributed by atoms with van der Waals surface area (Å²) in [6.45, 7) is 10.4. The number of hydrogen-bond acceptors (Lipinski definition) is 6. The molecule has 2 N–H and O–H groups in total. The summed E-state index contributed by atoms with van der Waals surface area (Å²) in [7, 11) is 1.77. The van der Waals surface area contributed by atoms with E-state index in [9.17, 15) is 4.79 Å². The minimum absolute atomic E-state index is 0.139. The minimum atomic E-state index is -0.158. The highest BCUT2D eigenvalue weighted by Crippen LogP contribution is 2.19. The molecular weight excluding hydrogens is 346 g/mol. The largest absolute Gasteiger partial charge is 0.352 e. The highest BCUT2D eigenvalue weighted by atomic mass is 16.5. The van der Waals surface area contributed by atoms with Gasteiger partial charge in [-0.1, -0.05) is 25.9 Å². The number of piperazine rings is 1. The lowest BCUT2D eigenvalue weighted by Gasteiger charge is -2.36. The van der Waals surface area contributed by atoms with Gasteiger partial charge in [0.2, 0.25) is 11.8 Å². The third-order valence-corrected chi connectivity index (χ3v) is 4.71. The first-order chi connectivity index (χ1) is 12.8. The van der Waals surface area contributed by atoms with Crippen molar-refractivity contribution in [3.05, 3.63) is 11.7 Å². The number of nitrogens with zero attached hydrogens (tertiary/aromatic N) is 5. The summed E-state index contributed by atoms with van der Waals surface area (Å²) in [5, 5.41) is 10.4. The fourth-order valence-corrected chi connectivity index (χ4v) is 2.94. The number of nitrogens with one attached hydrogen (secondary N) is 2. The van der Waals surface area contributed by atoms with Crippen LogP contribution < -0.4 is 10.6 Å². The van der Waals surface area contributed by atoms with Crippen molar-refractivity contribution >= 4 is 11.9 Å². The Morgan fingerprint density at radius 1 is 1.26 bits per heavy atom. The Kier molecular flexibility index (Phi) is 5.98. The molecule has 1 aliphatic carbocycles. The van der Waals surface area contributed by atoms with Crippen LogP contribution in [0, 0.1) is 0 Å². The van der Waals surface area contributed by atoms with Crippen LogP contribution in [-0.2, 0) is 16.8 Å². The van der Waals surface area contributed by atoms with E-state index in [2.05, 4.69) is 35.6 Å². The molecule has 27 heavy (non-hydrogen) atoms. The zero-order valence-corrected chi connectivity index (χ0v) is 16.8. The predicted molar refractivity (Wildman–Crippen MR) is 102 cm³/mol. The predicted octanol–water partition coefficient (Wildman–Crippen LogP) is 0.339. The lowest BCUT2D eigenvalue weighted by molar-refractivity contribution is -0.122. The maximum absolute atomic E-state index is 11.9. The number of aliphatic imine (C=N–C) groups is 1. The number of guanidine groups is 1. The molecule has 3 rings (SSSR count). The van der Waals surface area contributed by atoms with Crippen molar-refractivity contribution in [2.45, 2.75) is 51.6 Å². The molecule has 2 aliphatic rings. The number of aromatic nitrogens is 2. The topological polar surface area (TPSA) is 98.9 Å². The lowest BCUT2D eigenvalue weighted by Crippen LogP contribution is -2.54. The van der Waals surface area contributed by atoms with Crippen molar-refractivity contribution in [1.82, 2.24) is 30.6 Å². The molecule has 150 valence electrons. The third-order valence-electron chi connectivity index (χ3n) is 4.71. The number of rotatable bonds is 5.